The van der Waals surface area contributed by atoms with Crippen LogP contribution in [0.2, 0.25) is 0 Å². The van der Waals surface area contributed by atoms with Crippen molar-refractivity contribution in [2.75, 3.05) is 18.5 Å². The molecule has 3 amide bonds. The van der Waals surface area contributed by atoms with Gasteiger partial charge in [0.15, 0.2) is 0 Å². The smallest absolute Gasteiger partial charge is 0.490 e. The Bertz CT molecular complexity index is 1140. The van der Waals surface area contributed by atoms with Gasteiger partial charge in [-0.15, -0.1) is 26.3 Å². The fourth-order valence-corrected chi connectivity index (χ4v) is 3.88. The van der Waals surface area contributed by atoms with Crippen molar-refractivity contribution in [2.45, 2.75) is 50.6 Å². The first-order valence-electron chi connectivity index (χ1n) is 11.7. The Kier molecular flexibility index (Phi) is 9.72. The average Bonchev–Trinajstić information content (AvgIpc) is 2.83. The predicted molar refractivity (Wildman–Crippen MR) is 124 cm³/mol. The zero-order valence-electron chi connectivity index (χ0n) is 20.2. The van der Waals surface area contributed by atoms with Crippen molar-refractivity contribution in [3.63, 3.8) is 0 Å². The van der Waals surface area contributed by atoms with Crippen LogP contribution in [0.5, 0.6) is 17.2 Å². The van der Waals surface area contributed by atoms with E-state index in [2.05, 4.69) is 25.4 Å². The van der Waals surface area contributed by atoms with E-state index in [4.69, 9.17) is 9.84 Å². The first-order valence-corrected chi connectivity index (χ1v) is 11.7. The molecule has 2 aromatic rings. The molecule has 0 radical (unpaired) electrons. The summed E-state index contributed by atoms with van der Waals surface area (Å²) in [5, 5.41) is 16.3. The van der Waals surface area contributed by atoms with Gasteiger partial charge in [-0.25, -0.2) is 4.79 Å². The molecule has 1 aliphatic rings. The lowest BCUT2D eigenvalue weighted by Gasteiger charge is -2.29. The van der Waals surface area contributed by atoms with Gasteiger partial charge >= 0.3 is 18.8 Å². The Morgan fingerprint density at radius 2 is 1.59 bits per heavy atom. The Balaban J connectivity index is 1.53. The fraction of sp³-hybridized carbons (Fsp3) is 0.417. The number of carbonyl (C=O) groups is 2. The monoisotopic (exact) mass is 565 g/mol. The molecule has 0 aromatic heterocycles. The molecule has 4 N–H and O–H groups in total. The van der Waals surface area contributed by atoms with E-state index >= 15 is 0 Å². The summed E-state index contributed by atoms with van der Waals surface area (Å²) in [6.45, 7) is -0.585. The average molecular weight is 565 g/mol. The van der Waals surface area contributed by atoms with Crippen LogP contribution in [0.4, 0.5) is 36.8 Å². The van der Waals surface area contributed by atoms with Gasteiger partial charge in [0.25, 0.3) is 5.91 Å². The van der Waals surface area contributed by atoms with Gasteiger partial charge in [-0.05, 0) is 56.0 Å². The minimum absolute atomic E-state index is 0.100. The number of carbonyl (C=O) groups excluding carboxylic acids is 2. The SMILES string of the molecule is O=C(Nc1cccc(OC(F)(F)F)c1)NC1CCC(Oc2ccc(OC(F)(F)F)c(C(=O)NCCO)c2)CC1. The Hall–Kier alpha value is -3.88. The van der Waals surface area contributed by atoms with Crippen LogP contribution in [0.25, 0.3) is 0 Å². The van der Waals surface area contributed by atoms with Gasteiger partial charge in [-0.1, -0.05) is 6.07 Å². The molecule has 0 aliphatic heterocycles. The minimum atomic E-state index is -5.02. The molecular weight excluding hydrogens is 540 g/mol. The molecule has 0 saturated heterocycles. The zero-order chi connectivity index (χ0) is 28.6. The summed E-state index contributed by atoms with van der Waals surface area (Å²) in [4.78, 5) is 24.6. The number of rotatable bonds is 9. The predicted octanol–water partition coefficient (Wildman–Crippen LogP) is 4.72. The lowest BCUT2D eigenvalue weighted by Crippen LogP contribution is -2.41. The van der Waals surface area contributed by atoms with Crippen LogP contribution in [0.3, 0.4) is 0 Å². The Morgan fingerprint density at radius 1 is 0.897 bits per heavy atom. The molecule has 15 heteroatoms. The lowest BCUT2D eigenvalue weighted by molar-refractivity contribution is -0.275. The Labute approximate surface area is 218 Å². The quantitative estimate of drug-likeness (QED) is 0.327. The number of alkyl halides is 6. The van der Waals surface area contributed by atoms with E-state index in [1.54, 1.807) is 0 Å². The maximum absolute atomic E-state index is 12.7. The second kappa shape index (κ2) is 12.8. The van der Waals surface area contributed by atoms with Crippen LogP contribution >= 0.6 is 0 Å². The summed E-state index contributed by atoms with van der Waals surface area (Å²) in [5.74, 6) is -1.96. The van der Waals surface area contributed by atoms with Gasteiger partial charge in [-0.2, -0.15) is 0 Å². The number of hydrogen-bond donors (Lipinski definition) is 4. The van der Waals surface area contributed by atoms with Crippen molar-refractivity contribution >= 4 is 17.6 Å². The molecule has 1 fully saturated rings. The van der Waals surface area contributed by atoms with E-state index in [9.17, 15) is 35.9 Å². The van der Waals surface area contributed by atoms with Gasteiger partial charge in [0.1, 0.15) is 17.2 Å². The van der Waals surface area contributed by atoms with Crippen molar-refractivity contribution < 1.29 is 55.2 Å². The molecule has 39 heavy (non-hydrogen) atoms. The number of nitrogens with one attached hydrogen (secondary N) is 3. The van der Waals surface area contributed by atoms with E-state index in [0.29, 0.717) is 25.7 Å². The van der Waals surface area contributed by atoms with Crippen LogP contribution in [0, 0.1) is 0 Å². The number of anilines is 1. The van der Waals surface area contributed by atoms with E-state index in [0.717, 1.165) is 24.3 Å². The van der Waals surface area contributed by atoms with Gasteiger partial charge in [0, 0.05) is 24.3 Å². The highest BCUT2D eigenvalue weighted by molar-refractivity contribution is 5.97. The van der Waals surface area contributed by atoms with Crippen LogP contribution in [0.15, 0.2) is 42.5 Å². The number of ether oxygens (including phenoxy) is 3. The molecule has 0 unspecified atom stereocenters. The summed E-state index contributed by atoms with van der Waals surface area (Å²) >= 11 is 0. The first-order chi connectivity index (χ1) is 18.3. The van der Waals surface area contributed by atoms with Crippen molar-refractivity contribution in [2.24, 2.45) is 0 Å². The minimum Gasteiger partial charge on any atom is -0.490 e. The fourth-order valence-electron chi connectivity index (χ4n) is 3.88. The molecule has 3 rings (SSSR count). The molecule has 0 spiro atoms. The summed E-state index contributed by atoms with van der Waals surface area (Å²) in [7, 11) is 0. The van der Waals surface area contributed by atoms with E-state index < -0.39 is 48.3 Å². The third-order valence-corrected chi connectivity index (χ3v) is 5.46. The number of halogens is 6. The molecule has 0 heterocycles. The number of aliphatic hydroxyl groups is 1. The summed E-state index contributed by atoms with van der Waals surface area (Å²) < 4.78 is 88.9. The van der Waals surface area contributed by atoms with Gasteiger partial charge in [0.2, 0.25) is 0 Å². The highest BCUT2D eigenvalue weighted by atomic mass is 19.4. The number of aliphatic hydroxyl groups excluding tert-OH is 1. The number of benzene rings is 2. The number of urea groups is 1. The molecule has 214 valence electrons. The highest BCUT2D eigenvalue weighted by Gasteiger charge is 2.34. The van der Waals surface area contributed by atoms with E-state index in [1.165, 1.54) is 18.2 Å². The second-order valence-corrected chi connectivity index (χ2v) is 8.45. The van der Waals surface area contributed by atoms with Gasteiger partial charge in [-0.3, -0.25) is 4.79 Å². The van der Waals surface area contributed by atoms with Crippen molar-refractivity contribution in [3.8, 4) is 17.2 Å². The van der Waals surface area contributed by atoms with E-state index in [1.807, 2.05) is 0 Å². The normalized spacial score (nSPS) is 17.6. The summed E-state index contributed by atoms with van der Waals surface area (Å²) in [6, 6.07) is 7.24. The van der Waals surface area contributed by atoms with Crippen molar-refractivity contribution in [1.82, 2.24) is 10.6 Å². The van der Waals surface area contributed by atoms with Crippen LogP contribution in [0.1, 0.15) is 36.0 Å². The van der Waals surface area contributed by atoms with Crippen molar-refractivity contribution in [1.29, 1.82) is 0 Å². The molecule has 0 atom stereocenters. The molecule has 1 saturated carbocycles. The molecule has 0 bridgehead atoms. The Morgan fingerprint density at radius 3 is 2.23 bits per heavy atom. The standard InChI is InChI=1S/C24H25F6N3O6/c25-23(26,27)38-18-3-1-2-15(12-18)33-22(36)32-14-4-6-16(7-5-14)37-17-8-9-20(39-24(28,29)30)19(13-17)21(35)31-10-11-34/h1-3,8-9,12-14,16,34H,4-7,10-11H2,(H,31,35)(H2,32,33,36). The molecule has 1 aliphatic carbocycles. The molecule has 9 nitrogen and oxygen atoms in total. The largest absolute Gasteiger partial charge is 0.573 e. The molecular formula is C24H25F6N3O6. The van der Waals surface area contributed by atoms with Crippen LogP contribution in [-0.4, -0.2) is 55.1 Å². The van der Waals surface area contributed by atoms with Crippen LogP contribution < -0.4 is 30.2 Å². The second-order valence-electron chi connectivity index (χ2n) is 8.45. The van der Waals surface area contributed by atoms with Gasteiger partial charge in [0.05, 0.1) is 18.3 Å². The third-order valence-electron chi connectivity index (χ3n) is 5.46. The molecule has 2 aromatic carbocycles. The van der Waals surface area contributed by atoms with Crippen LogP contribution in [-0.2, 0) is 0 Å². The highest BCUT2D eigenvalue weighted by Crippen LogP contribution is 2.32. The topological polar surface area (TPSA) is 118 Å². The number of amides is 3. The lowest BCUT2D eigenvalue weighted by atomic mass is 9.93. The van der Waals surface area contributed by atoms with Gasteiger partial charge < -0.3 is 35.3 Å². The summed E-state index contributed by atoms with van der Waals surface area (Å²) in [6.07, 6.45) is -8.35. The first kappa shape index (κ1) is 29.7. The number of hydrogen-bond acceptors (Lipinski definition) is 6. The van der Waals surface area contributed by atoms with Crippen molar-refractivity contribution in [3.05, 3.63) is 48.0 Å². The van der Waals surface area contributed by atoms with E-state index in [-0.39, 0.29) is 30.1 Å². The maximum Gasteiger partial charge on any atom is 0.573 e. The summed E-state index contributed by atoms with van der Waals surface area (Å²) in [5.41, 5.74) is -0.321. The zero-order valence-corrected chi connectivity index (χ0v) is 20.2. The maximum atomic E-state index is 12.7. The third kappa shape index (κ3) is 10.1.